The highest BCUT2D eigenvalue weighted by Crippen LogP contribution is 2.36. The SMILES string of the molecule is CC1=NS(=O)(=O)c2cc(Cl)c([N+](=O)[O-])cc2N1. The van der Waals surface area contributed by atoms with Gasteiger partial charge >= 0.3 is 0 Å². The molecule has 0 spiro atoms. The molecule has 0 aromatic heterocycles. The number of benzene rings is 1. The van der Waals surface area contributed by atoms with Gasteiger partial charge in [-0.05, 0) is 13.0 Å². The third kappa shape index (κ3) is 1.96. The van der Waals surface area contributed by atoms with E-state index >= 15 is 0 Å². The number of nitro groups is 1. The number of anilines is 1. The summed E-state index contributed by atoms with van der Waals surface area (Å²) in [7, 11) is -3.84. The van der Waals surface area contributed by atoms with E-state index in [0.29, 0.717) is 0 Å². The van der Waals surface area contributed by atoms with E-state index in [1.165, 1.54) is 6.92 Å². The largest absolute Gasteiger partial charge is 0.342 e. The molecule has 0 unspecified atom stereocenters. The number of nitrogens with one attached hydrogen (secondary N) is 1. The van der Waals surface area contributed by atoms with Gasteiger partial charge in [0.1, 0.15) is 15.8 Å². The molecule has 0 bridgehead atoms. The van der Waals surface area contributed by atoms with Gasteiger partial charge in [-0.2, -0.15) is 8.42 Å². The zero-order chi connectivity index (χ0) is 12.8. The normalized spacial score (nSPS) is 16.7. The highest BCUT2D eigenvalue weighted by molar-refractivity contribution is 7.90. The number of hydrogen-bond donors (Lipinski definition) is 1. The van der Waals surface area contributed by atoms with Crippen LogP contribution in [0.25, 0.3) is 0 Å². The Balaban J connectivity index is 2.74. The van der Waals surface area contributed by atoms with Crippen molar-refractivity contribution in [1.29, 1.82) is 0 Å². The number of rotatable bonds is 1. The van der Waals surface area contributed by atoms with Crippen molar-refractivity contribution in [3.63, 3.8) is 0 Å². The van der Waals surface area contributed by atoms with Gasteiger partial charge in [0.05, 0.1) is 10.6 Å². The molecule has 7 nitrogen and oxygen atoms in total. The van der Waals surface area contributed by atoms with Gasteiger partial charge in [0, 0.05) is 6.07 Å². The number of nitro benzene ring substituents is 1. The molecular weight excluding hydrogens is 270 g/mol. The molecule has 2 rings (SSSR count). The Morgan fingerprint density at radius 3 is 2.71 bits per heavy atom. The maximum absolute atomic E-state index is 11.7. The Bertz CT molecular complexity index is 653. The molecule has 17 heavy (non-hydrogen) atoms. The van der Waals surface area contributed by atoms with Crippen molar-refractivity contribution in [3.05, 3.63) is 27.3 Å². The second kappa shape index (κ2) is 3.67. The van der Waals surface area contributed by atoms with Crippen molar-refractivity contribution in [1.82, 2.24) is 0 Å². The van der Waals surface area contributed by atoms with Crippen LogP contribution in [0.2, 0.25) is 5.02 Å². The standard InChI is InChI=1S/C8H6ClN3O4S/c1-4-10-6-3-7(12(13)14)5(9)2-8(6)17(15,16)11-4/h2-3H,1H3,(H,10,11). The predicted molar refractivity (Wildman–Crippen MR) is 62.0 cm³/mol. The van der Waals surface area contributed by atoms with Gasteiger partial charge in [-0.15, -0.1) is 4.40 Å². The molecule has 1 aromatic carbocycles. The minimum absolute atomic E-state index is 0.105. The maximum atomic E-state index is 11.7. The van der Waals surface area contributed by atoms with Crippen molar-refractivity contribution >= 4 is 38.8 Å². The summed E-state index contributed by atoms with van der Waals surface area (Å²) in [5.41, 5.74) is -0.253. The molecular formula is C8H6ClN3O4S. The monoisotopic (exact) mass is 275 g/mol. The summed E-state index contributed by atoms with van der Waals surface area (Å²) >= 11 is 5.64. The minimum atomic E-state index is -3.84. The molecule has 1 aliphatic heterocycles. The molecule has 1 aliphatic rings. The van der Waals surface area contributed by atoms with Crippen LogP contribution in [0.3, 0.4) is 0 Å². The first-order valence-electron chi connectivity index (χ1n) is 4.38. The van der Waals surface area contributed by atoms with E-state index in [4.69, 9.17) is 11.6 Å². The lowest BCUT2D eigenvalue weighted by Crippen LogP contribution is -2.18. The van der Waals surface area contributed by atoms with Crippen LogP contribution in [-0.4, -0.2) is 19.2 Å². The van der Waals surface area contributed by atoms with Crippen molar-refractivity contribution in [3.8, 4) is 0 Å². The van der Waals surface area contributed by atoms with Crippen LogP contribution in [-0.2, 0) is 10.0 Å². The van der Waals surface area contributed by atoms with Gasteiger partial charge in [0.25, 0.3) is 15.7 Å². The number of amidine groups is 1. The summed E-state index contributed by atoms with van der Waals surface area (Å²) in [4.78, 5) is 9.81. The fourth-order valence-corrected chi connectivity index (χ4v) is 2.90. The molecule has 9 heteroatoms. The summed E-state index contributed by atoms with van der Waals surface area (Å²) in [6.45, 7) is 1.45. The molecule has 0 saturated carbocycles. The Kier molecular flexibility index (Phi) is 2.55. The molecule has 0 atom stereocenters. The summed E-state index contributed by atoms with van der Waals surface area (Å²) in [6, 6.07) is 2.10. The maximum Gasteiger partial charge on any atom is 0.290 e. The van der Waals surface area contributed by atoms with Crippen molar-refractivity contribution < 1.29 is 13.3 Å². The Morgan fingerprint density at radius 2 is 2.12 bits per heavy atom. The van der Waals surface area contributed by atoms with Gasteiger partial charge in [0.15, 0.2) is 0 Å². The quantitative estimate of drug-likeness (QED) is 0.622. The van der Waals surface area contributed by atoms with Crippen molar-refractivity contribution in [2.45, 2.75) is 11.8 Å². The fourth-order valence-electron chi connectivity index (χ4n) is 1.44. The summed E-state index contributed by atoms with van der Waals surface area (Å²) < 4.78 is 26.7. The third-order valence-corrected chi connectivity index (χ3v) is 3.81. The smallest absolute Gasteiger partial charge is 0.290 e. The summed E-state index contributed by atoms with van der Waals surface area (Å²) in [5, 5.41) is 13.1. The number of hydrogen-bond acceptors (Lipinski definition) is 5. The molecule has 1 aromatic rings. The van der Waals surface area contributed by atoms with Gasteiger partial charge in [-0.3, -0.25) is 10.1 Å². The molecule has 1 heterocycles. The van der Waals surface area contributed by atoms with Gasteiger partial charge in [0.2, 0.25) is 0 Å². The lowest BCUT2D eigenvalue weighted by atomic mass is 10.2. The first-order valence-corrected chi connectivity index (χ1v) is 6.19. The van der Waals surface area contributed by atoms with Crippen molar-refractivity contribution in [2.24, 2.45) is 4.40 Å². The van der Waals surface area contributed by atoms with E-state index < -0.39 is 14.9 Å². The van der Waals surface area contributed by atoms with Crippen LogP contribution in [0.4, 0.5) is 11.4 Å². The van der Waals surface area contributed by atoms with Crippen molar-refractivity contribution in [2.75, 3.05) is 5.32 Å². The Morgan fingerprint density at radius 1 is 1.47 bits per heavy atom. The van der Waals surface area contributed by atoms with Gasteiger partial charge in [-0.25, -0.2) is 0 Å². The van der Waals surface area contributed by atoms with Crippen LogP contribution < -0.4 is 5.32 Å². The zero-order valence-electron chi connectivity index (χ0n) is 8.47. The highest BCUT2D eigenvalue weighted by Gasteiger charge is 2.27. The molecule has 0 aliphatic carbocycles. The number of sulfonamides is 1. The topological polar surface area (TPSA) is 102 Å². The molecule has 0 saturated heterocycles. The zero-order valence-corrected chi connectivity index (χ0v) is 10.0. The van der Waals surface area contributed by atoms with Crippen LogP contribution in [0.15, 0.2) is 21.4 Å². The van der Waals surface area contributed by atoms with E-state index in [0.717, 1.165) is 12.1 Å². The number of nitrogens with zero attached hydrogens (tertiary/aromatic N) is 2. The summed E-state index contributed by atoms with van der Waals surface area (Å²) in [6.07, 6.45) is 0. The Labute approximate surface area is 101 Å². The predicted octanol–water partition coefficient (Wildman–Crippen LogP) is 1.78. The minimum Gasteiger partial charge on any atom is -0.342 e. The van der Waals surface area contributed by atoms with Crippen LogP contribution in [0, 0.1) is 10.1 Å². The number of fused-ring (bicyclic) bond motifs is 1. The van der Waals surface area contributed by atoms with Gasteiger partial charge in [-0.1, -0.05) is 11.6 Å². The molecule has 0 radical (unpaired) electrons. The number of halogens is 1. The lowest BCUT2D eigenvalue weighted by molar-refractivity contribution is -0.384. The second-order valence-corrected chi connectivity index (χ2v) is 5.31. The van der Waals surface area contributed by atoms with E-state index in [-0.39, 0.29) is 27.1 Å². The van der Waals surface area contributed by atoms with Crippen LogP contribution in [0.1, 0.15) is 6.92 Å². The molecule has 0 amide bonds. The second-order valence-electron chi connectivity index (χ2n) is 3.33. The summed E-state index contributed by atoms with van der Waals surface area (Å²) in [5.74, 6) is 0.147. The average Bonchev–Trinajstić information content (AvgIpc) is 2.17. The lowest BCUT2D eigenvalue weighted by Gasteiger charge is -2.15. The highest BCUT2D eigenvalue weighted by atomic mass is 35.5. The molecule has 90 valence electrons. The molecule has 1 N–H and O–H groups in total. The van der Waals surface area contributed by atoms with E-state index in [2.05, 4.69) is 9.71 Å². The Hall–Kier alpha value is -1.67. The first kappa shape index (κ1) is 11.8. The van der Waals surface area contributed by atoms with Crippen LogP contribution >= 0.6 is 11.6 Å². The van der Waals surface area contributed by atoms with E-state index in [1.54, 1.807) is 0 Å². The average molecular weight is 276 g/mol. The van der Waals surface area contributed by atoms with Gasteiger partial charge < -0.3 is 5.32 Å². The molecule has 0 fully saturated rings. The third-order valence-electron chi connectivity index (χ3n) is 2.10. The van der Waals surface area contributed by atoms with E-state index in [1.807, 2.05) is 0 Å². The first-order chi connectivity index (χ1) is 7.81. The fraction of sp³-hybridized carbons (Fsp3) is 0.125. The van der Waals surface area contributed by atoms with Crippen LogP contribution in [0.5, 0.6) is 0 Å². The van der Waals surface area contributed by atoms with E-state index in [9.17, 15) is 18.5 Å².